The molecular formula is C29H31ClN2O2. The lowest BCUT2D eigenvalue weighted by molar-refractivity contribution is 0.162. The molecule has 3 aromatic rings. The average molecular weight is 475 g/mol. The van der Waals surface area contributed by atoms with Gasteiger partial charge in [0.15, 0.2) is 0 Å². The van der Waals surface area contributed by atoms with E-state index in [2.05, 4.69) is 89.9 Å². The largest absolute Gasteiger partial charge is 0.449 e. The van der Waals surface area contributed by atoms with E-state index in [1.807, 2.05) is 0 Å². The summed E-state index contributed by atoms with van der Waals surface area (Å²) in [4.78, 5) is 15.1. The van der Waals surface area contributed by atoms with Gasteiger partial charge in [-0.2, -0.15) is 0 Å². The number of amides is 1. The molecule has 0 unspecified atom stereocenters. The summed E-state index contributed by atoms with van der Waals surface area (Å²) in [6.07, 6.45) is 2.30. The fraction of sp³-hybridized carbons (Fsp3) is 0.345. The predicted molar refractivity (Wildman–Crippen MR) is 139 cm³/mol. The zero-order chi connectivity index (χ0) is 23.5. The van der Waals surface area contributed by atoms with Crippen LogP contribution in [-0.2, 0) is 10.2 Å². The monoisotopic (exact) mass is 474 g/mol. The molecule has 0 radical (unpaired) electrons. The molecule has 5 heteroatoms. The van der Waals surface area contributed by atoms with E-state index < -0.39 is 6.09 Å². The Morgan fingerprint density at radius 3 is 2.56 bits per heavy atom. The summed E-state index contributed by atoms with van der Waals surface area (Å²) >= 11 is 5.73. The Morgan fingerprint density at radius 1 is 1.09 bits per heavy atom. The van der Waals surface area contributed by atoms with Crippen LogP contribution < -0.4 is 10.2 Å². The fourth-order valence-corrected chi connectivity index (χ4v) is 5.66. The molecule has 2 atom stereocenters. The van der Waals surface area contributed by atoms with Crippen molar-refractivity contribution in [3.8, 4) is 0 Å². The average Bonchev–Trinajstić information content (AvgIpc) is 2.87. The lowest BCUT2D eigenvalue weighted by Crippen LogP contribution is -2.43. The molecule has 2 heterocycles. The van der Waals surface area contributed by atoms with Crippen molar-refractivity contribution in [2.24, 2.45) is 0 Å². The standard InChI is InChI=1S/C29H31ClN2O2/c1-29(22-11-6-3-7-12-22)14-17-32-16-13-24(21-9-4-2-5-10-21)25-19-23(20-26(29)27(25)32)31-28(33)34-18-8-15-30/h2-7,9-12,19-20,24H,8,13-18H2,1H3,(H,31,33)/t24-,29-/m0/s1. The number of halogens is 1. The van der Waals surface area contributed by atoms with Crippen molar-refractivity contribution in [3.63, 3.8) is 0 Å². The summed E-state index contributed by atoms with van der Waals surface area (Å²) in [6.45, 7) is 4.72. The van der Waals surface area contributed by atoms with Gasteiger partial charge in [0.25, 0.3) is 0 Å². The number of nitrogens with zero attached hydrogens (tertiary/aromatic N) is 1. The number of carbonyl (C=O) groups excluding carboxylic acids is 1. The second-order valence-corrected chi connectivity index (χ2v) is 9.83. The van der Waals surface area contributed by atoms with E-state index in [-0.39, 0.29) is 5.41 Å². The fourth-order valence-electron chi connectivity index (χ4n) is 5.55. The van der Waals surface area contributed by atoms with E-state index in [1.54, 1.807) is 0 Å². The van der Waals surface area contributed by atoms with Crippen LogP contribution in [0.5, 0.6) is 0 Å². The maximum atomic E-state index is 12.5. The van der Waals surface area contributed by atoms with Gasteiger partial charge < -0.3 is 9.64 Å². The van der Waals surface area contributed by atoms with Crippen LogP contribution in [-0.4, -0.2) is 31.7 Å². The number of rotatable bonds is 6. The molecule has 0 spiro atoms. The highest BCUT2D eigenvalue weighted by atomic mass is 35.5. The maximum absolute atomic E-state index is 12.5. The number of nitrogens with one attached hydrogen (secondary N) is 1. The molecule has 0 bridgehead atoms. The zero-order valence-electron chi connectivity index (χ0n) is 19.6. The Labute approximate surface area is 206 Å². The van der Waals surface area contributed by atoms with Crippen LogP contribution in [0.1, 0.15) is 54.4 Å². The summed E-state index contributed by atoms with van der Waals surface area (Å²) in [5, 5.41) is 3.00. The molecule has 2 aliphatic heterocycles. The van der Waals surface area contributed by atoms with Gasteiger partial charge in [-0.1, -0.05) is 67.6 Å². The summed E-state index contributed by atoms with van der Waals surface area (Å²) in [7, 11) is 0. The van der Waals surface area contributed by atoms with Crippen molar-refractivity contribution < 1.29 is 9.53 Å². The minimum atomic E-state index is -0.432. The molecule has 4 nitrogen and oxygen atoms in total. The Bertz CT molecular complexity index is 1150. The van der Waals surface area contributed by atoms with Gasteiger partial charge in [-0.05, 0) is 53.6 Å². The van der Waals surface area contributed by atoms with E-state index >= 15 is 0 Å². The number of ether oxygens (including phenoxy) is 1. The zero-order valence-corrected chi connectivity index (χ0v) is 20.4. The van der Waals surface area contributed by atoms with Crippen molar-refractivity contribution in [2.45, 2.75) is 37.5 Å². The molecule has 0 fully saturated rings. The summed E-state index contributed by atoms with van der Waals surface area (Å²) in [5.41, 5.74) is 7.17. The highest BCUT2D eigenvalue weighted by molar-refractivity contribution is 6.17. The highest BCUT2D eigenvalue weighted by Crippen LogP contribution is 2.52. The molecule has 2 aliphatic rings. The van der Waals surface area contributed by atoms with Crippen molar-refractivity contribution in [1.82, 2.24) is 0 Å². The number of benzene rings is 3. The second-order valence-electron chi connectivity index (χ2n) is 9.45. The number of hydrogen-bond acceptors (Lipinski definition) is 3. The van der Waals surface area contributed by atoms with Gasteiger partial charge >= 0.3 is 6.09 Å². The minimum Gasteiger partial charge on any atom is -0.449 e. The van der Waals surface area contributed by atoms with Gasteiger partial charge in [0, 0.05) is 41.7 Å². The molecule has 0 saturated carbocycles. The lowest BCUT2D eigenvalue weighted by Gasteiger charge is -2.47. The molecule has 0 aliphatic carbocycles. The van der Waals surface area contributed by atoms with Crippen LogP contribution in [0.4, 0.5) is 16.2 Å². The number of alkyl halides is 1. The third-order valence-corrected chi connectivity index (χ3v) is 7.63. The lowest BCUT2D eigenvalue weighted by atomic mass is 9.68. The maximum Gasteiger partial charge on any atom is 0.411 e. The Hall–Kier alpha value is -2.98. The summed E-state index contributed by atoms with van der Waals surface area (Å²) in [5.74, 6) is 0.763. The first kappa shape index (κ1) is 22.8. The third-order valence-electron chi connectivity index (χ3n) is 7.37. The Morgan fingerprint density at radius 2 is 1.82 bits per heavy atom. The molecular weight excluding hydrogens is 444 g/mol. The first-order valence-corrected chi connectivity index (χ1v) is 12.7. The Balaban J connectivity index is 1.62. The molecule has 34 heavy (non-hydrogen) atoms. The topological polar surface area (TPSA) is 41.6 Å². The van der Waals surface area contributed by atoms with E-state index in [9.17, 15) is 4.79 Å². The first-order chi connectivity index (χ1) is 16.6. The van der Waals surface area contributed by atoms with Crippen molar-refractivity contribution in [3.05, 3.63) is 95.1 Å². The van der Waals surface area contributed by atoms with Crippen molar-refractivity contribution in [2.75, 3.05) is 35.8 Å². The van der Waals surface area contributed by atoms with Crippen LogP contribution >= 0.6 is 11.6 Å². The van der Waals surface area contributed by atoms with Gasteiger partial charge in [0.2, 0.25) is 0 Å². The SMILES string of the molecule is C[C@@]1(c2ccccc2)CCN2CC[C@@H](c3ccccc3)c3cc(NC(=O)OCCCCl)cc1c32. The molecule has 0 aromatic heterocycles. The van der Waals surface area contributed by atoms with Crippen LogP contribution in [0.3, 0.4) is 0 Å². The van der Waals surface area contributed by atoms with Gasteiger partial charge in [-0.3, -0.25) is 5.32 Å². The second kappa shape index (κ2) is 9.71. The van der Waals surface area contributed by atoms with E-state index in [1.165, 1.54) is 27.9 Å². The third kappa shape index (κ3) is 4.27. The molecule has 5 rings (SSSR count). The molecule has 1 N–H and O–H groups in total. The number of carbonyl (C=O) groups is 1. The quantitative estimate of drug-likeness (QED) is 0.311. The van der Waals surface area contributed by atoms with E-state index in [0.717, 1.165) is 31.6 Å². The van der Waals surface area contributed by atoms with Crippen LogP contribution in [0.15, 0.2) is 72.8 Å². The van der Waals surface area contributed by atoms with E-state index in [4.69, 9.17) is 16.3 Å². The highest BCUT2D eigenvalue weighted by Gasteiger charge is 2.41. The molecule has 0 saturated heterocycles. The van der Waals surface area contributed by atoms with Crippen molar-refractivity contribution >= 4 is 29.1 Å². The van der Waals surface area contributed by atoms with Crippen LogP contribution in [0, 0.1) is 0 Å². The minimum absolute atomic E-state index is 0.138. The van der Waals surface area contributed by atoms with Gasteiger partial charge in [0.05, 0.1) is 6.61 Å². The predicted octanol–water partition coefficient (Wildman–Crippen LogP) is 6.92. The Kier molecular flexibility index (Phi) is 6.51. The summed E-state index contributed by atoms with van der Waals surface area (Å²) < 4.78 is 5.34. The smallest absolute Gasteiger partial charge is 0.411 e. The van der Waals surface area contributed by atoms with E-state index in [0.29, 0.717) is 24.8 Å². The number of hydrogen-bond donors (Lipinski definition) is 1. The van der Waals surface area contributed by atoms with Crippen molar-refractivity contribution in [1.29, 1.82) is 0 Å². The molecule has 3 aromatic carbocycles. The van der Waals surface area contributed by atoms with Crippen LogP contribution in [0.2, 0.25) is 0 Å². The molecule has 176 valence electrons. The van der Waals surface area contributed by atoms with Gasteiger partial charge in [0.1, 0.15) is 0 Å². The molecule has 1 amide bonds. The normalized spacial score (nSPS) is 21.0. The van der Waals surface area contributed by atoms with Gasteiger partial charge in [-0.15, -0.1) is 11.6 Å². The summed E-state index contributed by atoms with van der Waals surface area (Å²) in [6, 6.07) is 25.8. The number of anilines is 2. The van der Waals surface area contributed by atoms with Crippen LogP contribution in [0.25, 0.3) is 0 Å². The van der Waals surface area contributed by atoms with Gasteiger partial charge in [-0.25, -0.2) is 4.79 Å². The first-order valence-electron chi connectivity index (χ1n) is 12.1.